The lowest BCUT2D eigenvalue weighted by molar-refractivity contribution is 0.670. The summed E-state index contributed by atoms with van der Waals surface area (Å²) in [7, 11) is 0. The Balaban J connectivity index is 0.000000398. The summed E-state index contributed by atoms with van der Waals surface area (Å²) >= 11 is 0. The molecule has 0 saturated heterocycles. The van der Waals surface area contributed by atoms with Gasteiger partial charge >= 0.3 is 0 Å². The summed E-state index contributed by atoms with van der Waals surface area (Å²) in [6.07, 6.45) is 9.62. The molecule has 7 aromatic carbocycles. The molecule has 0 atom stereocenters. The lowest BCUT2D eigenvalue weighted by Gasteiger charge is -2.26. The quantitative estimate of drug-likeness (QED) is 0.162. The molecule has 0 spiro atoms. The maximum Gasteiger partial charge on any atom is 0.159 e. The normalized spacial score (nSPS) is 9.74. The highest BCUT2D eigenvalue weighted by molar-refractivity contribution is 6.13. The molecule has 8 aromatic rings. The molecular formula is C52H31NO. The van der Waals surface area contributed by atoms with Gasteiger partial charge in [-0.1, -0.05) is 146 Å². The summed E-state index contributed by atoms with van der Waals surface area (Å²) in [5.41, 5.74) is 11.9. The Morgan fingerprint density at radius 3 is 1.24 bits per heavy atom. The van der Waals surface area contributed by atoms with Crippen LogP contribution in [0.1, 0.15) is 0 Å². The van der Waals surface area contributed by atoms with Gasteiger partial charge in [0.05, 0.1) is 5.69 Å². The van der Waals surface area contributed by atoms with Crippen LogP contribution in [0.4, 0.5) is 17.1 Å². The minimum Gasteiger partial charge on any atom is -0.453 e. The van der Waals surface area contributed by atoms with E-state index in [2.05, 4.69) is 222 Å². The van der Waals surface area contributed by atoms with Crippen molar-refractivity contribution in [1.29, 1.82) is 0 Å². The molecule has 1 heterocycles. The minimum atomic E-state index is 0.866. The summed E-state index contributed by atoms with van der Waals surface area (Å²) in [6.45, 7) is 0. The van der Waals surface area contributed by atoms with Crippen molar-refractivity contribution in [2.45, 2.75) is 0 Å². The first-order chi connectivity index (χ1) is 26.7. The zero-order valence-electron chi connectivity index (χ0n) is 29.3. The fraction of sp³-hybridized carbons (Fsp3) is 0. The van der Waals surface area contributed by atoms with Crippen molar-refractivity contribution in [3.8, 4) is 93.6 Å². The first-order valence-corrected chi connectivity index (χ1v) is 17.3. The van der Waals surface area contributed by atoms with Gasteiger partial charge in [-0.05, 0) is 106 Å². The van der Waals surface area contributed by atoms with E-state index in [1.165, 1.54) is 22.3 Å². The average Bonchev–Trinajstić information content (AvgIpc) is 3.64. The van der Waals surface area contributed by atoms with Crippen molar-refractivity contribution in [1.82, 2.24) is 0 Å². The summed E-state index contributed by atoms with van der Waals surface area (Å²) in [5, 5.41) is 2.21. The van der Waals surface area contributed by atoms with Crippen LogP contribution in [0, 0.1) is 60.2 Å². The molecule has 0 radical (unpaired) electrons. The van der Waals surface area contributed by atoms with E-state index < -0.39 is 0 Å². The van der Waals surface area contributed by atoms with Crippen molar-refractivity contribution in [2.24, 2.45) is 0 Å². The highest BCUT2D eigenvalue weighted by atomic mass is 16.3. The zero-order chi connectivity index (χ0) is 37.0. The molecular weight excluding hydrogens is 655 g/mol. The zero-order valence-corrected chi connectivity index (χ0v) is 29.3. The van der Waals surface area contributed by atoms with Gasteiger partial charge in [0, 0.05) is 27.7 Å². The van der Waals surface area contributed by atoms with E-state index in [4.69, 9.17) is 17.3 Å². The van der Waals surface area contributed by atoms with Gasteiger partial charge in [0.25, 0.3) is 0 Å². The topological polar surface area (TPSA) is 16.4 Å². The molecule has 250 valence electrons. The molecule has 0 N–H and O–H groups in total. The van der Waals surface area contributed by atoms with Crippen LogP contribution in [0.5, 0.6) is 0 Å². The summed E-state index contributed by atoms with van der Waals surface area (Å²) < 4.78 is 6.84. The Morgan fingerprint density at radius 2 is 0.759 bits per heavy atom. The summed E-state index contributed by atoms with van der Waals surface area (Å²) in [4.78, 5) is 2.30. The van der Waals surface area contributed by atoms with Gasteiger partial charge in [0.2, 0.25) is 0 Å². The van der Waals surface area contributed by atoms with E-state index in [9.17, 15) is 0 Å². The molecule has 0 amide bonds. The molecule has 0 unspecified atom stereocenters. The number of fused-ring (bicyclic) bond motifs is 3. The van der Waals surface area contributed by atoms with Gasteiger partial charge in [0.15, 0.2) is 5.58 Å². The van der Waals surface area contributed by atoms with Gasteiger partial charge in [-0.15, -0.1) is 12.8 Å². The molecule has 0 aliphatic rings. The Hall–Kier alpha value is -8.06. The van der Waals surface area contributed by atoms with Crippen LogP contribution >= 0.6 is 0 Å². The van der Waals surface area contributed by atoms with Crippen LogP contribution in [-0.2, 0) is 0 Å². The highest BCUT2D eigenvalue weighted by Crippen LogP contribution is 2.44. The third-order valence-electron chi connectivity index (χ3n) is 8.75. The van der Waals surface area contributed by atoms with E-state index in [0.29, 0.717) is 0 Å². The standard InChI is InChI=1S/C42H29NO.C10H2/c1-4-12-30(13-5-1)32-22-26-35(27-23-32)43(36-28-24-33(25-29-36)31-14-6-2-7-15-31)40-21-11-20-39-38-19-10-18-37(41(38)44-42(39)40)34-16-8-3-9-17-34;1-3-5-7-9-10-8-6-4-2/h1-29H;1-2H. The summed E-state index contributed by atoms with van der Waals surface area (Å²) in [5.74, 6) is 18.4. The van der Waals surface area contributed by atoms with Crippen molar-refractivity contribution in [3.05, 3.63) is 176 Å². The van der Waals surface area contributed by atoms with Crippen LogP contribution in [0.3, 0.4) is 0 Å². The Bertz CT molecular complexity index is 2700. The van der Waals surface area contributed by atoms with Crippen molar-refractivity contribution < 1.29 is 4.42 Å². The predicted molar refractivity (Wildman–Crippen MR) is 226 cm³/mol. The largest absolute Gasteiger partial charge is 0.453 e. The number of benzene rings is 7. The number of furan rings is 1. The second kappa shape index (κ2) is 16.8. The fourth-order valence-corrected chi connectivity index (χ4v) is 6.32. The third kappa shape index (κ3) is 7.65. The van der Waals surface area contributed by atoms with E-state index in [0.717, 1.165) is 50.1 Å². The van der Waals surface area contributed by atoms with Crippen LogP contribution in [-0.4, -0.2) is 0 Å². The van der Waals surface area contributed by atoms with Gasteiger partial charge in [-0.3, -0.25) is 0 Å². The van der Waals surface area contributed by atoms with E-state index in [1.54, 1.807) is 0 Å². The van der Waals surface area contributed by atoms with E-state index >= 15 is 0 Å². The minimum absolute atomic E-state index is 0.866. The van der Waals surface area contributed by atoms with Crippen LogP contribution in [0.25, 0.3) is 55.3 Å². The number of nitrogens with zero attached hydrogens (tertiary/aromatic N) is 1. The Kier molecular flexibility index (Phi) is 10.7. The molecule has 0 aliphatic heterocycles. The van der Waals surface area contributed by atoms with E-state index in [1.807, 2.05) is 6.07 Å². The SMILES string of the molecule is C#CC#CC#CC#CC#C.c1ccc(-c2ccc(N(c3ccc(-c4ccccc4)cc3)c3cccc4c3oc3c(-c5ccccc5)cccc34)cc2)cc1. The number of anilines is 3. The number of hydrogen-bond donors (Lipinski definition) is 0. The lowest BCUT2D eigenvalue weighted by atomic mass is 10.0. The maximum atomic E-state index is 6.84. The second-order valence-corrected chi connectivity index (χ2v) is 12.0. The smallest absolute Gasteiger partial charge is 0.159 e. The van der Waals surface area contributed by atoms with Gasteiger partial charge < -0.3 is 9.32 Å². The molecule has 54 heavy (non-hydrogen) atoms. The van der Waals surface area contributed by atoms with Crippen LogP contribution < -0.4 is 4.90 Å². The fourth-order valence-electron chi connectivity index (χ4n) is 6.32. The van der Waals surface area contributed by atoms with Crippen LogP contribution in [0.15, 0.2) is 180 Å². The monoisotopic (exact) mass is 685 g/mol. The lowest BCUT2D eigenvalue weighted by Crippen LogP contribution is -2.10. The predicted octanol–water partition coefficient (Wildman–Crippen LogP) is 12.3. The highest BCUT2D eigenvalue weighted by Gasteiger charge is 2.21. The molecule has 2 nitrogen and oxygen atoms in total. The van der Waals surface area contributed by atoms with E-state index in [-0.39, 0.29) is 0 Å². The molecule has 0 fully saturated rings. The number of hydrogen-bond acceptors (Lipinski definition) is 2. The molecule has 2 heteroatoms. The number of rotatable bonds is 6. The van der Waals surface area contributed by atoms with Crippen molar-refractivity contribution in [3.63, 3.8) is 0 Å². The maximum absolute atomic E-state index is 6.84. The number of para-hydroxylation sites is 2. The molecule has 0 saturated carbocycles. The third-order valence-corrected chi connectivity index (χ3v) is 8.75. The summed E-state index contributed by atoms with van der Waals surface area (Å²) in [6, 6.07) is 61.9. The van der Waals surface area contributed by atoms with Crippen molar-refractivity contribution in [2.75, 3.05) is 4.90 Å². The second-order valence-electron chi connectivity index (χ2n) is 12.0. The average molecular weight is 686 g/mol. The van der Waals surface area contributed by atoms with Gasteiger partial charge in [-0.2, -0.15) is 0 Å². The molecule has 1 aromatic heterocycles. The van der Waals surface area contributed by atoms with Crippen LogP contribution in [0.2, 0.25) is 0 Å². The Morgan fingerprint density at radius 1 is 0.352 bits per heavy atom. The first-order valence-electron chi connectivity index (χ1n) is 17.3. The Labute approximate surface area is 316 Å². The first kappa shape index (κ1) is 34.4. The molecule has 0 bridgehead atoms. The number of terminal acetylenes is 2. The molecule has 0 aliphatic carbocycles. The van der Waals surface area contributed by atoms with Crippen molar-refractivity contribution >= 4 is 39.0 Å². The van der Waals surface area contributed by atoms with Gasteiger partial charge in [0.1, 0.15) is 5.58 Å². The molecule has 8 rings (SSSR count). The van der Waals surface area contributed by atoms with Gasteiger partial charge in [-0.25, -0.2) is 0 Å².